The zero-order valence-electron chi connectivity index (χ0n) is 13.5. The van der Waals surface area contributed by atoms with E-state index in [2.05, 4.69) is 49.6 Å². The van der Waals surface area contributed by atoms with Gasteiger partial charge in [0.2, 0.25) is 0 Å². The molecule has 0 heterocycles. The molecule has 0 spiro atoms. The van der Waals surface area contributed by atoms with Gasteiger partial charge < -0.3 is 0 Å². The number of rotatable bonds is 5. The van der Waals surface area contributed by atoms with Crippen LogP contribution in [0.4, 0.5) is 0 Å². The van der Waals surface area contributed by atoms with E-state index < -0.39 is 0 Å². The van der Waals surface area contributed by atoms with Crippen LogP contribution in [0.2, 0.25) is 0 Å². The Bertz CT molecular complexity index is 434. The van der Waals surface area contributed by atoms with E-state index in [4.69, 9.17) is 5.84 Å². The molecule has 3 unspecified atom stereocenters. The number of hydrazine groups is 1. The van der Waals surface area contributed by atoms with E-state index in [0.717, 1.165) is 29.6 Å². The molecule has 0 amide bonds. The number of nitrogens with one attached hydrogen (secondary N) is 1. The summed E-state index contributed by atoms with van der Waals surface area (Å²) in [5, 5.41) is 0. The van der Waals surface area contributed by atoms with Crippen LogP contribution in [0, 0.1) is 23.7 Å². The van der Waals surface area contributed by atoms with Gasteiger partial charge in [-0.25, -0.2) is 0 Å². The van der Waals surface area contributed by atoms with E-state index >= 15 is 0 Å². The van der Waals surface area contributed by atoms with Gasteiger partial charge in [-0.05, 0) is 67.3 Å². The summed E-state index contributed by atoms with van der Waals surface area (Å²) in [6.07, 6.45) is 6.81. The van der Waals surface area contributed by atoms with Gasteiger partial charge in [-0.1, -0.05) is 44.2 Å². The van der Waals surface area contributed by atoms with Gasteiger partial charge in [-0.2, -0.15) is 0 Å². The van der Waals surface area contributed by atoms with E-state index in [-0.39, 0.29) is 0 Å². The Morgan fingerprint density at radius 3 is 2.19 bits per heavy atom. The van der Waals surface area contributed by atoms with Crippen molar-refractivity contribution in [1.29, 1.82) is 0 Å². The molecule has 0 saturated heterocycles. The molecule has 3 atom stereocenters. The second kappa shape index (κ2) is 6.50. The van der Waals surface area contributed by atoms with Crippen molar-refractivity contribution >= 4 is 0 Å². The van der Waals surface area contributed by atoms with Gasteiger partial charge in [0.25, 0.3) is 0 Å². The minimum Gasteiger partial charge on any atom is -0.271 e. The third-order valence-electron chi connectivity index (χ3n) is 5.99. The molecule has 2 fully saturated rings. The molecule has 0 aliphatic heterocycles. The molecule has 0 aromatic heterocycles. The first-order chi connectivity index (χ1) is 10.2. The van der Waals surface area contributed by atoms with Crippen molar-refractivity contribution in [1.82, 2.24) is 5.43 Å². The van der Waals surface area contributed by atoms with Crippen LogP contribution in [0.5, 0.6) is 0 Å². The molecule has 116 valence electrons. The van der Waals surface area contributed by atoms with Crippen LogP contribution in [-0.2, 0) is 0 Å². The maximum Gasteiger partial charge on any atom is 0.0273 e. The molecule has 1 aromatic carbocycles. The minimum atomic E-state index is 0.517. The van der Waals surface area contributed by atoms with Gasteiger partial charge in [0.15, 0.2) is 0 Å². The van der Waals surface area contributed by atoms with Crippen LogP contribution >= 0.6 is 0 Å². The Balaban J connectivity index is 1.58. The third-order valence-corrected chi connectivity index (χ3v) is 5.99. The maximum absolute atomic E-state index is 5.93. The lowest BCUT2D eigenvalue weighted by molar-refractivity contribution is 0.178. The number of benzene rings is 1. The molecule has 2 aliphatic rings. The Morgan fingerprint density at radius 1 is 1.00 bits per heavy atom. The van der Waals surface area contributed by atoms with Gasteiger partial charge in [0, 0.05) is 6.04 Å². The first-order valence-corrected chi connectivity index (χ1v) is 8.71. The summed E-state index contributed by atoms with van der Waals surface area (Å²) in [6, 6.07) is 11.5. The highest BCUT2D eigenvalue weighted by molar-refractivity contribution is 5.26. The predicted molar refractivity (Wildman–Crippen MR) is 88.7 cm³/mol. The summed E-state index contributed by atoms with van der Waals surface area (Å²) in [5.74, 6) is 9.97. The third kappa shape index (κ3) is 3.32. The molecular weight excluding hydrogens is 256 g/mol. The van der Waals surface area contributed by atoms with Crippen molar-refractivity contribution in [2.45, 2.75) is 57.9 Å². The van der Waals surface area contributed by atoms with Crippen molar-refractivity contribution in [3.8, 4) is 0 Å². The number of nitrogens with two attached hydrogens (primary N) is 1. The highest BCUT2D eigenvalue weighted by atomic mass is 15.2. The van der Waals surface area contributed by atoms with Gasteiger partial charge >= 0.3 is 0 Å². The Hall–Kier alpha value is -0.860. The molecule has 2 heteroatoms. The average Bonchev–Trinajstić information content (AvgIpc) is 3.30. The van der Waals surface area contributed by atoms with Gasteiger partial charge in [-0.3, -0.25) is 11.3 Å². The molecular formula is C19H30N2. The fourth-order valence-corrected chi connectivity index (χ4v) is 4.48. The largest absolute Gasteiger partial charge is 0.271 e. The molecule has 0 radical (unpaired) electrons. The molecule has 2 aliphatic carbocycles. The van der Waals surface area contributed by atoms with Crippen molar-refractivity contribution in [3.63, 3.8) is 0 Å². The summed E-state index contributed by atoms with van der Waals surface area (Å²) in [4.78, 5) is 0. The summed E-state index contributed by atoms with van der Waals surface area (Å²) >= 11 is 0. The van der Waals surface area contributed by atoms with Crippen LogP contribution in [0.15, 0.2) is 30.3 Å². The summed E-state index contributed by atoms with van der Waals surface area (Å²) in [6.45, 7) is 4.74. The number of hydrogen-bond donors (Lipinski definition) is 2. The topological polar surface area (TPSA) is 38.0 Å². The molecule has 21 heavy (non-hydrogen) atoms. The van der Waals surface area contributed by atoms with Crippen LogP contribution in [0.3, 0.4) is 0 Å². The van der Waals surface area contributed by atoms with Crippen molar-refractivity contribution < 1.29 is 0 Å². The van der Waals surface area contributed by atoms with Crippen molar-refractivity contribution in [2.24, 2.45) is 29.5 Å². The van der Waals surface area contributed by atoms with E-state index in [0.29, 0.717) is 6.04 Å². The monoisotopic (exact) mass is 286 g/mol. The van der Waals surface area contributed by atoms with Crippen LogP contribution in [-0.4, -0.2) is 6.04 Å². The highest BCUT2D eigenvalue weighted by Gasteiger charge is 2.46. The zero-order valence-corrected chi connectivity index (χ0v) is 13.5. The highest BCUT2D eigenvalue weighted by Crippen LogP contribution is 2.52. The van der Waals surface area contributed by atoms with E-state index in [1.807, 2.05) is 0 Å². The Labute approximate surface area is 129 Å². The summed E-state index contributed by atoms with van der Waals surface area (Å²) in [5.41, 5.74) is 4.68. The molecule has 3 N–H and O–H groups in total. The summed E-state index contributed by atoms with van der Waals surface area (Å²) in [7, 11) is 0. The van der Waals surface area contributed by atoms with Gasteiger partial charge in [0.05, 0.1) is 0 Å². The van der Waals surface area contributed by atoms with Crippen LogP contribution < -0.4 is 11.3 Å². The molecule has 3 rings (SSSR count). The lowest BCUT2D eigenvalue weighted by atomic mass is 9.73. The average molecular weight is 286 g/mol. The first kappa shape index (κ1) is 15.1. The van der Waals surface area contributed by atoms with Crippen molar-refractivity contribution in [2.75, 3.05) is 0 Å². The molecule has 0 bridgehead atoms. The molecule has 2 nitrogen and oxygen atoms in total. The molecule has 1 aromatic rings. The van der Waals surface area contributed by atoms with Gasteiger partial charge in [-0.15, -0.1) is 0 Å². The second-order valence-electron chi connectivity index (χ2n) is 7.53. The minimum absolute atomic E-state index is 0.517. The zero-order chi connectivity index (χ0) is 14.8. The van der Waals surface area contributed by atoms with Crippen molar-refractivity contribution in [3.05, 3.63) is 35.9 Å². The first-order valence-electron chi connectivity index (χ1n) is 8.71. The lowest BCUT2D eigenvalue weighted by Gasteiger charge is -2.35. The standard InChI is InChI=1S/C19H30N2/c1-13(2)14-8-10-16(11-9-14)19(21-20)18-12-17(18)15-6-4-3-5-7-15/h3-7,13-14,16-19,21H,8-12,20H2,1-2H3. The van der Waals surface area contributed by atoms with Crippen LogP contribution in [0.1, 0.15) is 57.4 Å². The molecule has 2 saturated carbocycles. The fraction of sp³-hybridized carbons (Fsp3) is 0.684. The summed E-state index contributed by atoms with van der Waals surface area (Å²) < 4.78 is 0. The SMILES string of the molecule is CC(C)C1CCC(C(NN)C2CC2c2ccccc2)CC1. The maximum atomic E-state index is 5.93. The van der Waals surface area contributed by atoms with Crippen LogP contribution in [0.25, 0.3) is 0 Å². The van der Waals surface area contributed by atoms with E-state index in [1.165, 1.54) is 37.7 Å². The lowest BCUT2D eigenvalue weighted by Crippen LogP contribution is -2.44. The van der Waals surface area contributed by atoms with E-state index in [9.17, 15) is 0 Å². The quantitative estimate of drug-likeness (QED) is 0.632. The Kier molecular flexibility index (Phi) is 4.66. The fourth-order valence-electron chi connectivity index (χ4n) is 4.48. The smallest absolute Gasteiger partial charge is 0.0273 e. The number of hydrogen-bond acceptors (Lipinski definition) is 2. The van der Waals surface area contributed by atoms with Gasteiger partial charge in [0.1, 0.15) is 0 Å². The predicted octanol–water partition coefficient (Wildman–Crippen LogP) is 4.08. The Morgan fingerprint density at radius 2 is 1.62 bits per heavy atom. The van der Waals surface area contributed by atoms with E-state index in [1.54, 1.807) is 0 Å². The second-order valence-corrected chi connectivity index (χ2v) is 7.53. The normalized spacial score (nSPS) is 33.9.